The van der Waals surface area contributed by atoms with Gasteiger partial charge in [0, 0.05) is 25.3 Å². The molecule has 0 unspecified atom stereocenters. The number of benzene rings is 4. The van der Waals surface area contributed by atoms with Gasteiger partial charge in [0.15, 0.2) is 5.78 Å². The van der Waals surface area contributed by atoms with E-state index >= 15 is 0 Å². The molecule has 16 N–H and O–H groups in total. The second-order valence-electron chi connectivity index (χ2n) is 23.3. The summed E-state index contributed by atoms with van der Waals surface area (Å²) in [5.41, 5.74) is 27.6. The number of hydrogen-bond donors (Lipinski definition) is 12. The van der Waals surface area contributed by atoms with Gasteiger partial charge in [-0.15, -0.1) is 0 Å². The van der Waals surface area contributed by atoms with Crippen LogP contribution in [-0.2, 0) is 68.8 Å². The van der Waals surface area contributed by atoms with Crippen LogP contribution in [0.3, 0.4) is 0 Å². The molecule has 87 heavy (non-hydrogen) atoms. The van der Waals surface area contributed by atoms with Gasteiger partial charge in [0.2, 0.25) is 41.4 Å². The number of Topliss-reactive ketones (excluding diaryl/α,β-unsaturated/α-hetero) is 1. The molecule has 0 aliphatic carbocycles. The zero-order valence-electron chi connectivity index (χ0n) is 51.1. The Morgan fingerprint density at radius 1 is 0.391 bits per heavy atom. The van der Waals surface area contributed by atoms with Crippen LogP contribution in [0.25, 0.3) is 0 Å². The summed E-state index contributed by atoms with van der Waals surface area (Å²) < 4.78 is 0. The van der Waals surface area contributed by atoms with Crippen molar-refractivity contribution in [3.8, 4) is 0 Å². The van der Waals surface area contributed by atoms with Crippen molar-refractivity contribution in [3.63, 3.8) is 0 Å². The fourth-order valence-corrected chi connectivity index (χ4v) is 10.0. The number of carboxylic acids is 1. The monoisotopic (exact) mass is 1200 g/mol. The van der Waals surface area contributed by atoms with E-state index in [-0.39, 0.29) is 108 Å². The van der Waals surface area contributed by atoms with Crippen molar-refractivity contribution >= 4 is 53.1 Å². The largest absolute Gasteiger partial charge is 0.480 e. The molecule has 21 nitrogen and oxygen atoms in total. The zero-order chi connectivity index (χ0) is 63.7. The summed E-state index contributed by atoms with van der Waals surface area (Å²) in [7, 11) is 0. The van der Waals surface area contributed by atoms with E-state index in [0.29, 0.717) is 25.8 Å². The Hall–Kier alpha value is -7.85. The second-order valence-corrected chi connectivity index (χ2v) is 23.3. The van der Waals surface area contributed by atoms with Crippen LogP contribution in [0.15, 0.2) is 121 Å². The number of carboxylic acid groups (broad SMARTS) is 1. The van der Waals surface area contributed by atoms with Gasteiger partial charge in [-0.3, -0.25) is 38.4 Å². The smallest absolute Gasteiger partial charge is 0.326 e. The molecule has 4 rings (SSSR count). The van der Waals surface area contributed by atoms with Crippen LogP contribution in [0.2, 0.25) is 0 Å². The highest BCUT2D eigenvalue weighted by Crippen LogP contribution is 2.18. The minimum absolute atomic E-state index is 0.0466. The van der Waals surface area contributed by atoms with E-state index in [2.05, 4.69) is 37.2 Å². The van der Waals surface area contributed by atoms with Crippen LogP contribution in [-0.4, -0.2) is 126 Å². The molecule has 7 amide bonds. The Morgan fingerprint density at radius 3 is 1.24 bits per heavy atom. The third-order valence-corrected chi connectivity index (χ3v) is 14.8. The summed E-state index contributed by atoms with van der Waals surface area (Å²) in [5, 5.41) is 29.8. The van der Waals surface area contributed by atoms with Crippen molar-refractivity contribution in [1.82, 2.24) is 37.2 Å². The zero-order valence-corrected chi connectivity index (χ0v) is 51.1. The lowest BCUT2D eigenvalue weighted by molar-refractivity contribution is -0.142. The summed E-state index contributed by atoms with van der Waals surface area (Å²) in [6.07, 6.45) is 3.14. The molecular formula is C66H95N11O10. The molecule has 0 saturated carbocycles. The lowest BCUT2D eigenvalue weighted by atomic mass is 9.89. The summed E-state index contributed by atoms with van der Waals surface area (Å²) in [4.78, 5) is 124. The number of carbonyl (C=O) groups is 9. The molecule has 0 saturated heterocycles. The van der Waals surface area contributed by atoms with E-state index in [9.17, 15) is 48.3 Å². The van der Waals surface area contributed by atoms with E-state index in [0.717, 1.165) is 22.3 Å². The molecule has 9 atom stereocenters. The number of ketones is 1. The number of rotatable bonds is 41. The first-order valence-electron chi connectivity index (χ1n) is 30.6. The van der Waals surface area contributed by atoms with Crippen molar-refractivity contribution in [2.24, 2.45) is 40.7 Å². The predicted octanol–water partition coefficient (Wildman–Crippen LogP) is 3.43. The quantitative estimate of drug-likeness (QED) is 0.0284. The van der Waals surface area contributed by atoms with E-state index < -0.39 is 102 Å². The van der Waals surface area contributed by atoms with Gasteiger partial charge in [0.05, 0.1) is 12.1 Å². The number of hydrogen-bond acceptors (Lipinski definition) is 13. The summed E-state index contributed by atoms with van der Waals surface area (Å²) in [6.45, 7) is 8.11. The van der Waals surface area contributed by atoms with Gasteiger partial charge in [-0.05, 0) is 131 Å². The average Bonchev–Trinajstić information content (AvgIpc) is 3.69. The molecule has 0 aliphatic rings. The van der Waals surface area contributed by atoms with Gasteiger partial charge in [-0.2, -0.15) is 0 Å². The van der Waals surface area contributed by atoms with Crippen LogP contribution in [0.1, 0.15) is 121 Å². The van der Waals surface area contributed by atoms with Crippen molar-refractivity contribution in [1.29, 1.82) is 0 Å². The van der Waals surface area contributed by atoms with Crippen molar-refractivity contribution in [2.45, 2.75) is 172 Å². The molecule has 0 aromatic heterocycles. The minimum atomic E-state index is -1.38. The first-order chi connectivity index (χ1) is 41.7. The normalized spacial score (nSPS) is 14.4. The number of unbranched alkanes of at least 4 members (excludes halogenated alkanes) is 2. The molecule has 4 aromatic rings. The first kappa shape index (κ1) is 71.6. The maximum Gasteiger partial charge on any atom is 0.326 e. The van der Waals surface area contributed by atoms with Gasteiger partial charge >= 0.3 is 5.97 Å². The van der Waals surface area contributed by atoms with Crippen molar-refractivity contribution in [3.05, 3.63) is 144 Å². The molecular weight excluding hydrogens is 1110 g/mol. The highest BCUT2D eigenvalue weighted by Gasteiger charge is 2.34. The lowest BCUT2D eigenvalue weighted by Crippen LogP contribution is -2.58. The molecule has 0 aliphatic heterocycles. The molecule has 21 heteroatoms. The van der Waals surface area contributed by atoms with Crippen LogP contribution >= 0.6 is 0 Å². The maximum absolute atomic E-state index is 14.2. The number of nitrogens with two attached hydrogens (primary N) is 4. The predicted molar refractivity (Wildman–Crippen MR) is 336 cm³/mol. The highest BCUT2D eigenvalue weighted by molar-refractivity contribution is 5.96. The molecule has 0 heterocycles. The van der Waals surface area contributed by atoms with Gasteiger partial charge in [-0.25, -0.2) is 4.79 Å². The molecule has 0 radical (unpaired) electrons. The van der Waals surface area contributed by atoms with Crippen LogP contribution in [0, 0.1) is 17.8 Å². The van der Waals surface area contributed by atoms with Gasteiger partial charge in [0.25, 0.3) is 0 Å². The maximum atomic E-state index is 14.2. The van der Waals surface area contributed by atoms with Gasteiger partial charge < -0.3 is 65.3 Å². The van der Waals surface area contributed by atoms with Crippen LogP contribution in [0.4, 0.5) is 0 Å². The SMILES string of the molecule is CC(C)C[C@@H](NC(=O)[C@H](CC(=O)[C@H](N)Cc1ccccc1)Cc1ccccc1)C(=O)N[C@H](CCCN)C(=O)N[C@@H](CCCCNC(=O)[C@@H](CCCCN)NC(=O)[C@@H](CC(C)C)NC(=O)[C@@H](Cc1ccccc1)NC(=O)[C@H](N)Cc1ccccc1)C(=O)O. The topological polar surface area (TPSA) is 362 Å². The Morgan fingerprint density at radius 2 is 0.759 bits per heavy atom. The molecule has 0 fully saturated rings. The third-order valence-electron chi connectivity index (χ3n) is 14.8. The Kier molecular flexibility index (Phi) is 32.1. The van der Waals surface area contributed by atoms with Crippen LogP contribution in [0.5, 0.6) is 0 Å². The lowest BCUT2D eigenvalue weighted by Gasteiger charge is -2.27. The van der Waals surface area contributed by atoms with Crippen molar-refractivity contribution in [2.75, 3.05) is 19.6 Å². The number of amides is 7. The molecule has 474 valence electrons. The summed E-state index contributed by atoms with van der Waals surface area (Å²) in [6, 6.07) is 28.1. The number of carbonyl (C=O) groups excluding carboxylic acids is 8. The average molecular weight is 1200 g/mol. The second kappa shape index (κ2) is 39.0. The fourth-order valence-electron chi connectivity index (χ4n) is 10.0. The van der Waals surface area contributed by atoms with Gasteiger partial charge in [-0.1, -0.05) is 149 Å². The van der Waals surface area contributed by atoms with Crippen LogP contribution < -0.4 is 60.2 Å². The summed E-state index contributed by atoms with van der Waals surface area (Å²) in [5.74, 6) is -6.93. The fraction of sp³-hybridized carbons (Fsp3) is 0.500. The Labute approximate surface area is 512 Å². The number of aliphatic carboxylic acids is 1. The summed E-state index contributed by atoms with van der Waals surface area (Å²) >= 11 is 0. The minimum Gasteiger partial charge on any atom is -0.480 e. The van der Waals surface area contributed by atoms with Gasteiger partial charge in [0.1, 0.15) is 36.3 Å². The molecule has 4 aromatic carbocycles. The van der Waals surface area contributed by atoms with E-state index in [1.807, 2.05) is 149 Å². The Bertz CT molecular complexity index is 2760. The van der Waals surface area contributed by atoms with E-state index in [1.165, 1.54) is 0 Å². The molecule has 0 bridgehead atoms. The number of nitrogens with one attached hydrogen (secondary N) is 7. The van der Waals surface area contributed by atoms with E-state index in [4.69, 9.17) is 22.9 Å². The first-order valence-corrected chi connectivity index (χ1v) is 30.6. The third kappa shape index (κ3) is 27.2. The molecule has 0 spiro atoms. The Balaban J connectivity index is 1.38. The van der Waals surface area contributed by atoms with Crippen molar-refractivity contribution < 1.29 is 48.3 Å². The van der Waals surface area contributed by atoms with E-state index in [1.54, 1.807) is 0 Å². The standard InChI is InChI=1S/C66H95N11O10/c1-43(2)36-55(75-59(79)49(38-45-22-9-5-10-23-45)42-58(78)50(69)39-46-24-11-6-12-25-46)63(83)73-53(32-21-34-68)62(82)74-54(66(86)87)31-18-20-35-71-61(81)52(30-17-19-33-67)72-64(84)56(37-44(3)4)77-65(85)57(41-48-28-15-8-16-29-48)76-60(80)51(70)40-47-26-13-7-14-27-47/h5-16,22-29,43-44,49-57H,17-21,30-42,67-70H2,1-4H3,(H,71,81)(H,72,84)(H,73,83)(H,74,82)(H,75,79)(H,76,80)(H,77,85)(H,86,87)/t49-,50+,51+,52+,53+,54-,55+,56+,57+/m0/s1. The highest BCUT2D eigenvalue weighted by atomic mass is 16.4.